The van der Waals surface area contributed by atoms with Crippen molar-refractivity contribution in [3.63, 3.8) is 0 Å². The highest BCUT2D eigenvalue weighted by atomic mass is 32.2. The number of hydrogen-bond donors (Lipinski definition) is 2. The Kier molecular flexibility index (Phi) is 8.03. The van der Waals surface area contributed by atoms with Crippen LogP contribution in [0.15, 0.2) is 27.6 Å². The summed E-state index contributed by atoms with van der Waals surface area (Å²) in [5.74, 6) is 1.34. The zero-order chi connectivity index (χ0) is 21.4. The fourth-order valence-electron chi connectivity index (χ4n) is 2.81. The Morgan fingerprint density at radius 3 is 2.59 bits per heavy atom. The van der Waals surface area contributed by atoms with E-state index in [0.29, 0.717) is 30.2 Å². The topological polar surface area (TPSA) is 120 Å². The summed E-state index contributed by atoms with van der Waals surface area (Å²) in [6.45, 7) is 5.77. The Bertz CT molecular complexity index is 920. The van der Waals surface area contributed by atoms with Crippen LogP contribution >= 0.6 is 0 Å². The van der Waals surface area contributed by atoms with Gasteiger partial charge in [-0.1, -0.05) is 11.2 Å². The Labute approximate surface area is 170 Å². The first-order valence-corrected chi connectivity index (χ1v) is 10.8. The number of nitrogens with zero attached hydrogens (tertiary/aromatic N) is 1. The van der Waals surface area contributed by atoms with Gasteiger partial charge in [-0.25, -0.2) is 13.1 Å². The number of hydrogen-bond acceptors (Lipinski definition) is 7. The Morgan fingerprint density at radius 1 is 1.21 bits per heavy atom. The van der Waals surface area contributed by atoms with Gasteiger partial charge in [-0.05, 0) is 44.9 Å². The van der Waals surface area contributed by atoms with E-state index in [0.717, 1.165) is 5.56 Å². The fraction of sp³-hybridized carbons (Fsp3) is 0.474. The molecule has 1 amide bonds. The second-order valence-corrected chi connectivity index (χ2v) is 8.02. The predicted molar refractivity (Wildman–Crippen MR) is 107 cm³/mol. The molecule has 0 aliphatic heterocycles. The third-order valence-electron chi connectivity index (χ3n) is 4.14. The van der Waals surface area contributed by atoms with Gasteiger partial charge in [-0.3, -0.25) is 4.79 Å². The lowest BCUT2D eigenvalue weighted by Gasteiger charge is -2.11. The molecule has 1 aromatic heterocycles. The van der Waals surface area contributed by atoms with E-state index in [2.05, 4.69) is 15.2 Å². The number of aromatic nitrogens is 1. The molecule has 2 aromatic rings. The highest BCUT2D eigenvalue weighted by molar-refractivity contribution is 7.89. The summed E-state index contributed by atoms with van der Waals surface area (Å²) in [7, 11) is -2.16. The van der Waals surface area contributed by atoms with Crippen molar-refractivity contribution in [2.45, 2.75) is 38.5 Å². The number of carbonyl (C=O) groups excluding carboxylic acids is 1. The molecule has 2 N–H and O–H groups in total. The van der Waals surface area contributed by atoms with Crippen molar-refractivity contribution in [3.8, 4) is 11.5 Å². The molecule has 0 fully saturated rings. The van der Waals surface area contributed by atoms with Gasteiger partial charge in [-0.2, -0.15) is 0 Å². The Morgan fingerprint density at radius 2 is 1.97 bits per heavy atom. The molecule has 0 radical (unpaired) electrons. The summed E-state index contributed by atoms with van der Waals surface area (Å²) in [6.07, 6.45) is 0.799. The smallest absolute Gasteiger partial charge is 0.246 e. The minimum Gasteiger partial charge on any atom is -0.493 e. The van der Waals surface area contributed by atoms with Gasteiger partial charge < -0.3 is 19.3 Å². The molecule has 0 spiro atoms. The van der Waals surface area contributed by atoms with E-state index in [1.165, 1.54) is 6.92 Å². The fourth-order valence-corrected chi connectivity index (χ4v) is 4.16. The average Bonchev–Trinajstić information content (AvgIpc) is 3.03. The van der Waals surface area contributed by atoms with Gasteiger partial charge in [0.25, 0.3) is 0 Å². The molecule has 0 atom stereocenters. The third kappa shape index (κ3) is 6.20. The normalized spacial score (nSPS) is 11.3. The Hall–Kier alpha value is -2.59. The summed E-state index contributed by atoms with van der Waals surface area (Å²) in [4.78, 5) is 12.1. The number of sulfonamides is 1. The van der Waals surface area contributed by atoms with Crippen molar-refractivity contribution in [1.29, 1.82) is 0 Å². The van der Waals surface area contributed by atoms with E-state index in [-0.39, 0.29) is 36.1 Å². The highest BCUT2D eigenvalue weighted by Gasteiger charge is 2.23. The van der Waals surface area contributed by atoms with Crippen molar-refractivity contribution in [2.24, 2.45) is 0 Å². The summed E-state index contributed by atoms with van der Waals surface area (Å²) in [5.41, 5.74) is 1.24. The summed E-state index contributed by atoms with van der Waals surface area (Å²) in [5, 5.41) is 6.34. The van der Waals surface area contributed by atoms with Crippen LogP contribution in [0.2, 0.25) is 0 Å². The average molecular weight is 426 g/mol. The summed E-state index contributed by atoms with van der Waals surface area (Å²) in [6, 6.07) is 5.55. The van der Waals surface area contributed by atoms with Gasteiger partial charge in [0.05, 0.1) is 13.7 Å². The second-order valence-electron chi connectivity index (χ2n) is 6.32. The largest absolute Gasteiger partial charge is 0.493 e. The lowest BCUT2D eigenvalue weighted by atomic mass is 10.1. The van der Waals surface area contributed by atoms with Gasteiger partial charge in [0.2, 0.25) is 15.9 Å². The number of amides is 1. The molecule has 29 heavy (non-hydrogen) atoms. The first kappa shape index (κ1) is 22.7. The monoisotopic (exact) mass is 425 g/mol. The second kappa shape index (κ2) is 10.3. The predicted octanol–water partition coefficient (Wildman–Crippen LogP) is 1.73. The standard InChI is InChI=1S/C19H27N3O6S/c1-5-27-16-8-6-15(12-17(16)26-4)7-9-18(23)20-10-11-21-29(24,25)19-13(2)22-28-14(19)3/h6,8,12,21H,5,7,9-11H2,1-4H3,(H,20,23). The van der Waals surface area contributed by atoms with E-state index < -0.39 is 10.0 Å². The maximum Gasteiger partial charge on any atom is 0.246 e. The minimum atomic E-state index is -3.73. The van der Waals surface area contributed by atoms with E-state index in [4.69, 9.17) is 14.0 Å². The SMILES string of the molecule is CCOc1ccc(CCC(=O)NCCNS(=O)(=O)c2c(C)noc2C)cc1OC. The molecule has 160 valence electrons. The maximum atomic E-state index is 12.3. The van der Waals surface area contributed by atoms with Crippen LogP contribution in [-0.4, -0.2) is 46.3 Å². The number of methoxy groups -OCH3 is 1. The van der Waals surface area contributed by atoms with Gasteiger partial charge >= 0.3 is 0 Å². The van der Waals surface area contributed by atoms with Crippen molar-refractivity contribution < 1.29 is 27.2 Å². The zero-order valence-corrected chi connectivity index (χ0v) is 17.9. The van der Waals surface area contributed by atoms with Crippen LogP contribution in [0, 0.1) is 13.8 Å². The zero-order valence-electron chi connectivity index (χ0n) is 17.1. The molecule has 2 rings (SSSR count). The van der Waals surface area contributed by atoms with Gasteiger partial charge in [0.15, 0.2) is 17.3 Å². The number of rotatable bonds is 11. The molecule has 0 unspecified atom stereocenters. The van der Waals surface area contributed by atoms with Gasteiger partial charge in [0, 0.05) is 19.5 Å². The molecule has 1 aromatic carbocycles. The van der Waals surface area contributed by atoms with E-state index in [9.17, 15) is 13.2 Å². The maximum absolute atomic E-state index is 12.3. The lowest BCUT2D eigenvalue weighted by molar-refractivity contribution is -0.121. The van der Waals surface area contributed by atoms with Crippen LogP contribution < -0.4 is 19.5 Å². The number of nitrogens with one attached hydrogen (secondary N) is 2. The quantitative estimate of drug-likeness (QED) is 0.526. The molecule has 0 saturated carbocycles. The van der Waals surface area contributed by atoms with Crippen molar-refractivity contribution >= 4 is 15.9 Å². The van der Waals surface area contributed by atoms with E-state index in [1.54, 1.807) is 14.0 Å². The van der Waals surface area contributed by atoms with Crippen molar-refractivity contribution in [1.82, 2.24) is 15.2 Å². The van der Waals surface area contributed by atoms with Crippen LogP contribution in [0.1, 0.15) is 30.4 Å². The van der Waals surface area contributed by atoms with Gasteiger partial charge in [-0.15, -0.1) is 0 Å². The molecule has 1 heterocycles. The van der Waals surface area contributed by atoms with E-state index in [1.807, 2.05) is 25.1 Å². The van der Waals surface area contributed by atoms with E-state index >= 15 is 0 Å². The third-order valence-corrected chi connectivity index (χ3v) is 5.85. The molecule has 10 heteroatoms. The van der Waals surface area contributed by atoms with Crippen LogP contribution in [0.4, 0.5) is 0 Å². The number of ether oxygens (including phenoxy) is 2. The molecule has 0 saturated heterocycles. The first-order chi connectivity index (χ1) is 13.8. The van der Waals surface area contributed by atoms with Gasteiger partial charge in [0.1, 0.15) is 10.6 Å². The number of benzene rings is 1. The first-order valence-electron chi connectivity index (χ1n) is 9.27. The van der Waals surface area contributed by atoms with Crippen LogP contribution in [0.5, 0.6) is 11.5 Å². The molecule has 0 bridgehead atoms. The highest BCUT2D eigenvalue weighted by Crippen LogP contribution is 2.28. The lowest BCUT2D eigenvalue weighted by Crippen LogP contribution is -2.35. The molecule has 0 aliphatic carbocycles. The Balaban J connectivity index is 1.78. The summed E-state index contributed by atoms with van der Waals surface area (Å²) >= 11 is 0. The van der Waals surface area contributed by atoms with Crippen LogP contribution in [0.25, 0.3) is 0 Å². The molecular weight excluding hydrogens is 398 g/mol. The minimum absolute atomic E-state index is 0.0354. The molecular formula is C19H27N3O6S. The molecule has 9 nitrogen and oxygen atoms in total. The molecule has 0 aliphatic rings. The van der Waals surface area contributed by atoms with Crippen LogP contribution in [-0.2, 0) is 21.2 Å². The number of carbonyl (C=O) groups is 1. The van der Waals surface area contributed by atoms with Crippen LogP contribution in [0.3, 0.4) is 0 Å². The number of aryl methyl sites for hydroxylation is 3. The van der Waals surface area contributed by atoms with Crippen molar-refractivity contribution in [2.75, 3.05) is 26.8 Å². The van der Waals surface area contributed by atoms with Crippen molar-refractivity contribution in [3.05, 3.63) is 35.2 Å². The summed E-state index contributed by atoms with van der Waals surface area (Å²) < 4.78 is 42.6.